The second-order valence-electron chi connectivity index (χ2n) is 8.20. The van der Waals surface area contributed by atoms with Gasteiger partial charge in [-0.15, -0.1) is 0 Å². The van der Waals surface area contributed by atoms with Crippen LogP contribution in [0.4, 0.5) is 18.9 Å². The number of aryl methyl sites for hydroxylation is 1. The highest BCUT2D eigenvalue weighted by molar-refractivity contribution is 6.06. The SMILES string of the molecule is Cc1nc2ncc(N(C)C(=O)c3cccc(-n4nc(C(F)(F)F)c5c4C(C)COC5)c3)cc2o1. The summed E-state index contributed by atoms with van der Waals surface area (Å²) in [5, 5.41) is 3.88. The Hall–Kier alpha value is -3.73. The molecule has 0 spiro atoms. The smallest absolute Gasteiger partial charge is 0.435 e. The van der Waals surface area contributed by atoms with Crippen molar-refractivity contribution >= 4 is 22.8 Å². The van der Waals surface area contributed by atoms with E-state index in [9.17, 15) is 18.0 Å². The minimum absolute atomic E-state index is 0.0295. The maximum Gasteiger partial charge on any atom is 0.435 e. The van der Waals surface area contributed by atoms with Crippen molar-refractivity contribution in [1.82, 2.24) is 19.7 Å². The molecule has 0 N–H and O–H groups in total. The molecule has 176 valence electrons. The summed E-state index contributed by atoms with van der Waals surface area (Å²) in [6.45, 7) is 3.61. The fourth-order valence-electron chi connectivity index (χ4n) is 4.14. The first-order valence-electron chi connectivity index (χ1n) is 10.5. The predicted octanol–water partition coefficient (Wildman–Crippen LogP) is 4.65. The fraction of sp³-hybridized carbons (Fsp3) is 0.304. The van der Waals surface area contributed by atoms with Gasteiger partial charge in [0.1, 0.15) is 0 Å². The monoisotopic (exact) mass is 471 g/mol. The molecule has 3 aromatic heterocycles. The highest BCUT2D eigenvalue weighted by Crippen LogP contribution is 2.38. The average Bonchev–Trinajstić information content (AvgIpc) is 3.38. The molecule has 1 aliphatic heterocycles. The number of carbonyl (C=O) groups is 1. The van der Waals surface area contributed by atoms with Crippen LogP contribution in [0.5, 0.6) is 0 Å². The zero-order valence-corrected chi connectivity index (χ0v) is 18.6. The zero-order chi connectivity index (χ0) is 24.2. The van der Waals surface area contributed by atoms with Crippen molar-refractivity contribution in [3.63, 3.8) is 0 Å². The van der Waals surface area contributed by atoms with E-state index >= 15 is 0 Å². The first kappa shape index (κ1) is 22.1. The standard InChI is InChI=1S/C23H20F3N5O3/c1-12-10-33-11-17-19(12)31(29-20(17)23(24,25)26)15-6-4-5-14(7-15)22(32)30(3)16-8-18-21(27-9-16)28-13(2)34-18/h4-9,12H,10-11H2,1-3H3. The van der Waals surface area contributed by atoms with E-state index < -0.39 is 11.9 Å². The third kappa shape index (κ3) is 3.71. The highest BCUT2D eigenvalue weighted by atomic mass is 19.4. The summed E-state index contributed by atoms with van der Waals surface area (Å²) < 4.78 is 53.0. The Morgan fingerprint density at radius 2 is 2.06 bits per heavy atom. The lowest BCUT2D eigenvalue weighted by atomic mass is 10.00. The number of alkyl halides is 3. The van der Waals surface area contributed by atoms with Crippen molar-refractivity contribution in [1.29, 1.82) is 0 Å². The molecule has 0 aliphatic carbocycles. The Bertz CT molecular complexity index is 1410. The minimum Gasteiger partial charge on any atom is -0.439 e. The second-order valence-corrected chi connectivity index (χ2v) is 8.20. The third-order valence-electron chi connectivity index (χ3n) is 5.74. The predicted molar refractivity (Wildman–Crippen MR) is 116 cm³/mol. The van der Waals surface area contributed by atoms with Crippen molar-refractivity contribution in [2.75, 3.05) is 18.6 Å². The molecule has 0 saturated carbocycles. The number of hydrogen-bond donors (Lipinski definition) is 0. The number of fused-ring (bicyclic) bond motifs is 2. The summed E-state index contributed by atoms with van der Waals surface area (Å²) in [5.41, 5.74) is 1.51. The van der Waals surface area contributed by atoms with E-state index in [0.29, 0.717) is 34.2 Å². The molecule has 0 saturated heterocycles. The Kier molecular flexibility index (Phi) is 5.16. The molecule has 4 heterocycles. The summed E-state index contributed by atoms with van der Waals surface area (Å²) in [5.74, 6) is -0.202. The molecule has 0 bridgehead atoms. The first-order valence-corrected chi connectivity index (χ1v) is 10.5. The topological polar surface area (TPSA) is 86.3 Å². The van der Waals surface area contributed by atoms with Crippen LogP contribution in [0.1, 0.15) is 46.0 Å². The number of oxazole rings is 1. The van der Waals surface area contributed by atoms with Gasteiger partial charge in [-0.1, -0.05) is 13.0 Å². The van der Waals surface area contributed by atoms with E-state index in [1.807, 2.05) is 0 Å². The lowest BCUT2D eigenvalue weighted by Crippen LogP contribution is -2.26. The Morgan fingerprint density at radius 1 is 1.26 bits per heavy atom. The molecule has 11 heteroatoms. The third-order valence-corrected chi connectivity index (χ3v) is 5.74. The molecule has 34 heavy (non-hydrogen) atoms. The molecule has 1 atom stereocenters. The lowest BCUT2D eigenvalue weighted by molar-refractivity contribution is -0.142. The van der Waals surface area contributed by atoms with E-state index in [1.165, 1.54) is 21.8 Å². The number of nitrogens with zero attached hydrogens (tertiary/aromatic N) is 5. The zero-order valence-electron chi connectivity index (χ0n) is 18.6. The molecule has 0 fully saturated rings. The van der Waals surface area contributed by atoms with Crippen molar-refractivity contribution in [2.45, 2.75) is 32.5 Å². The molecule has 1 aromatic carbocycles. The molecule has 4 aromatic rings. The van der Waals surface area contributed by atoms with E-state index in [2.05, 4.69) is 15.1 Å². The van der Waals surface area contributed by atoms with E-state index in [1.54, 1.807) is 45.2 Å². The van der Waals surface area contributed by atoms with E-state index in [-0.39, 0.29) is 36.2 Å². The van der Waals surface area contributed by atoms with Gasteiger partial charge in [0.05, 0.1) is 36.5 Å². The van der Waals surface area contributed by atoms with Gasteiger partial charge in [-0.25, -0.2) is 9.67 Å². The lowest BCUT2D eigenvalue weighted by Gasteiger charge is -2.22. The Labute approximate surface area is 192 Å². The number of rotatable bonds is 3. The fourth-order valence-corrected chi connectivity index (χ4v) is 4.14. The quantitative estimate of drug-likeness (QED) is 0.433. The van der Waals surface area contributed by atoms with E-state index in [0.717, 1.165) is 0 Å². The van der Waals surface area contributed by atoms with Crippen LogP contribution in [0.3, 0.4) is 0 Å². The van der Waals surface area contributed by atoms with Gasteiger partial charge in [0, 0.05) is 37.1 Å². The molecular weight excluding hydrogens is 451 g/mol. The number of pyridine rings is 1. The number of carbonyl (C=O) groups excluding carboxylic acids is 1. The van der Waals surface area contributed by atoms with Gasteiger partial charge in [-0.3, -0.25) is 4.79 Å². The number of hydrogen-bond acceptors (Lipinski definition) is 6. The molecule has 1 unspecified atom stereocenters. The van der Waals surface area contributed by atoms with Crippen molar-refractivity contribution in [3.8, 4) is 5.69 Å². The molecule has 1 aliphatic rings. The van der Waals surface area contributed by atoms with Gasteiger partial charge in [0.25, 0.3) is 5.91 Å². The number of amides is 1. The van der Waals surface area contributed by atoms with Crippen LogP contribution < -0.4 is 4.90 Å². The number of aromatic nitrogens is 4. The van der Waals surface area contributed by atoms with Gasteiger partial charge < -0.3 is 14.1 Å². The maximum atomic E-state index is 13.6. The molecule has 1 amide bonds. The molecule has 0 radical (unpaired) electrons. The van der Waals surface area contributed by atoms with Crippen molar-refractivity contribution in [3.05, 3.63) is 64.9 Å². The van der Waals surface area contributed by atoms with Crippen LogP contribution in [-0.2, 0) is 17.5 Å². The van der Waals surface area contributed by atoms with E-state index in [4.69, 9.17) is 9.15 Å². The van der Waals surface area contributed by atoms with Gasteiger partial charge >= 0.3 is 6.18 Å². The minimum atomic E-state index is -4.62. The second kappa shape index (κ2) is 7.94. The van der Waals surface area contributed by atoms with Crippen molar-refractivity contribution < 1.29 is 27.1 Å². The first-order chi connectivity index (χ1) is 16.1. The number of benzene rings is 1. The summed E-state index contributed by atoms with van der Waals surface area (Å²) in [7, 11) is 1.58. The van der Waals surface area contributed by atoms with Gasteiger partial charge in [0.15, 0.2) is 22.8 Å². The van der Waals surface area contributed by atoms with Gasteiger partial charge in [0.2, 0.25) is 0 Å². The van der Waals surface area contributed by atoms with Crippen molar-refractivity contribution in [2.24, 2.45) is 0 Å². The van der Waals surface area contributed by atoms with Crippen LogP contribution in [-0.4, -0.2) is 39.3 Å². The normalized spacial score (nSPS) is 16.0. The number of anilines is 1. The summed E-state index contributed by atoms with van der Waals surface area (Å²) in [6, 6.07) is 8.02. The number of ether oxygens (including phenoxy) is 1. The van der Waals surface area contributed by atoms with Crippen LogP contribution in [0.2, 0.25) is 0 Å². The van der Waals surface area contributed by atoms with Crippen LogP contribution >= 0.6 is 0 Å². The van der Waals surface area contributed by atoms with Crippen LogP contribution in [0.25, 0.3) is 16.9 Å². The van der Waals surface area contributed by atoms with Gasteiger partial charge in [-0.2, -0.15) is 23.3 Å². The highest BCUT2D eigenvalue weighted by Gasteiger charge is 2.41. The molecular formula is C23H20F3N5O3. The summed E-state index contributed by atoms with van der Waals surface area (Å²) in [4.78, 5) is 23.0. The Balaban J connectivity index is 1.52. The Morgan fingerprint density at radius 3 is 2.82 bits per heavy atom. The van der Waals surface area contributed by atoms with Crippen LogP contribution in [0.15, 0.2) is 40.9 Å². The molecule has 8 nitrogen and oxygen atoms in total. The average molecular weight is 471 g/mol. The maximum absolute atomic E-state index is 13.6. The summed E-state index contributed by atoms with van der Waals surface area (Å²) >= 11 is 0. The largest absolute Gasteiger partial charge is 0.439 e. The summed E-state index contributed by atoms with van der Waals surface area (Å²) in [6.07, 6.45) is -3.11. The van der Waals surface area contributed by atoms with Gasteiger partial charge in [-0.05, 0) is 18.2 Å². The number of halogens is 3. The molecule has 5 rings (SSSR count). The van der Waals surface area contributed by atoms with Crippen LogP contribution in [0, 0.1) is 6.92 Å².